The molecule has 1 aliphatic rings. The molecule has 17 heavy (non-hydrogen) atoms. The lowest BCUT2D eigenvalue weighted by Gasteiger charge is -2.31. The van der Waals surface area contributed by atoms with Crippen molar-refractivity contribution in [3.8, 4) is 0 Å². The van der Waals surface area contributed by atoms with Gasteiger partial charge in [-0.2, -0.15) is 0 Å². The minimum Gasteiger partial charge on any atom is -0.293 e. The Balaban J connectivity index is 2.10. The van der Waals surface area contributed by atoms with Gasteiger partial charge in [0.25, 0.3) is 0 Å². The van der Waals surface area contributed by atoms with Crippen molar-refractivity contribution in [3.63, 3.8) is 0 Å². The highest BCUT2D eigenvalue weighted by molar-refractivity contribution is 7.12. The van der Waals surface area contributed by atoms with Gasteiger partial charge in [-0.3, -0.25) is 4.79 Å². The third-order valence-corrected chi connectivity index (χ3v) is 5.29. The first-order valence-corrected chi connectivity index (χ1v) is 7.62. The van der Waals surface area contributed by atoms with Crippen LogP contribution in [0.3, 0.4) is 0 Å². The molecule has 1 saturated carbocycles. The second kappa shape index (κ2) is 5.34. The van der Waals surface area contributed by atoms with Crippen LogP contribution in [0.1, 0.15) is 55.3 Å². The molecule has 1 aromatic heterocycles. The fourth-order valence-electron chi connectivity index (χ4n) is 2.80. The Morgan fingerprint density at radius 3 is 2.76 bits per heavy atom. The summed E-state index contributed by atoms with van der Waals surface area (Å²) in [6, 6.07) is 2.10. The second-order valence-electron chi connectivity index (χ2n) is 5.46. The van der Waals surface area contributed by atoms with Crippen molar-refractivity contribution < 1.29 is 4.79 Å². The molecule has 0 bridgehead atoms. The predicted octanol–water partition coefficient (Wildman–Crippen LogP) is 4.57. The van der Waals surface area contributed by atoms with Gasteiger partial charge in [0.05, 0.1) is 4.88 Å². The number of hydrogen-bond donors (Lipinski definition) is 0. The lowest BCUT2D eigenvalue weighted by Crippen LogP contribution is -2.26. The highest BCUT2D eigenvalue weighted by Gasteiger charge is 2.30. The van der Waals surface area contributed by atoms with Crippen LogP contribution in [0.15, 0.2) is 11.4 Å². The lowest BCUT2D eigenvalue weighted by atomic mass is 9.74. The average molecular weight is 250 g/mol. The largest absolute Gasteiger partial charge is 0.293 e. The van der Waals surface area contributed by atoms with Crippen molar-refractivity contribution in [3.05, 3.63) is 21.9 Å². The first-order chi connectivity index (χ1) is 8.13. The molecule has 2 heteroatoms. The third kappa shape index (κ3) is 2.62. The second-order valence-corrected chi connectivity index (χ2v) is 6.37. The first kappa shape index (κ1) is 12.8. The zero-order chi connectivity index (χ0) is 12.4. The summed E-state index contributed by atoms with van der Waals surface area (Å²) in [5.41, 5.74) is 1.24. The van der Waals surface area contributed by atoms with Crippen molar-refractivity contribution in [2.45, 2.75) is 46.5 Å². The summed E-state index contributed by atoms with van der Waals surface area (Å²) in [5, 5.41) is 2.06. The standard InChI is InChI=1S/C15H22OS/c1-4-12-7-8-17-15(12)14(16)13-6-5-10(2)11(3)9-13/h7-8,10-11,13H,4-6,9H2,1-3H3. The summed E-state index contributed by atoms with van der Waals surface area (Å²) in [6.45, 7) is 6.73. The smallest absolute Gasteiger partial charge is 0.176 e. The molecule has 0 aliphatic heterocycles. The highest BCUT2D eigenvalue weighted by atomic mass is 32.1. The van der Waals surface area contributed by atoms with Gasteiger partial charge in [-0.1, -0.05) is 20.8 Å². The van der Waals surface area contributed by atoms with Crippen molar-refractivity contribution in [1.29, 1.82) is 0 Å². The van der Waals surface area contributed by atoms with E-state index in [4.69, 9.17) is 0 Å². The van der Waals surface area contributed by atoms with E-state index in [2.05, 4.69) is 32.2 Å². The van der Waals surface area contributed by atoms with Gasteiger partial charge in [0.15, 0.2) is 5.78 Å². The molecule has 2 rings (SSSR count). The Hall–Kier alpha value is -0.630. The average Bonchev–Trinajstić information content (AvgIpc) is 2.80. The lowest BCUT2D eigenvalue weighted by molar-refractivity contribution is 0.0841. The monoisotopic (exact) mass is 250 g/mol. The Kier molecular flexibility index (Phi) is 4.03. The van der Waals surface area contributed by atoms with E-state index in [1.165, 1.54) is 12.0 Å². The number of Topliss-reactive ketones (excluding diaryl/α,β-unsaturated/α-hetero) is 1. The Labute approximate surface area is 108 Å². The number of ketones is 1. The summed E-state index contributed by atoms with van der Waals surface area (Å²) in [4.78, 5) is 13.5. The molecule has 3 atom stereocenters. The van der Waals surface area contributed by atoms with Gasteiger partial charge >= 0.3 is 0 Å². The number of thiophene rings is 1. The summed E-state index contributed by atoms with van der Waals surface area (Å²) in [7, 11) is 0. The van der Waals surface area contributed by atoms with E-state index in [-0.39, 0.29) is 5.92 Å². The SMILES string of the molecule is CCc1ccsc1C(=O)C1CCC(C)C(C)C1. The molecule has 3 unspecified atom stereocenters. The highest BCUT2D eigenvalue weighted by Crippen LogP contribution is 2.36. The number of aryl methyl sites for hydroxylation is 1. The normalized spacial score (nSPS) is 29.2. The molecule has 0 N–H and O–H groups in total. The Morgan fingerprint density at radius 1 is 1.35 bits per heavy atom. The van der Waals surface area contributed by atoms with Crippen molar-refractivity contribution in [1.82, 2.24) is 0 Å². The first-order valence-electron chi connectivity index (χ1n) is 6.74. The van der Waals surface area contributed by atoms with Crippen LogP contribution in [0.4, 0.5) is 0 Å². The molecule has 1 fully saturated rings. The van der Waals surface area contributed by atoms with Crippen LogP contribution >= 0.6 is 11.3 Å². The molecular formula is C15H22OS. The van der Waals surface area contributed by atoms with Crippen molar-refractivity contribution in [2.75, 3.05) is 0 Å². The van der Waals surface area contributed by atoms with Crippen LogP contribution < -0.4 is 0 Å². The van der Waals surface area contributed by atoms with Crippen LogP contribution in [0, 0.1) is 17.8 Å². The predicted molar refractivity (Wildman–Crippen MR) is 73.7 cm³/mol. The molecule has 0 saturated heterocycles. The zero-order valence-corrected chi connectivity index (χ0v) is 11.8. The summed E-state index contributed by atoms with van der Waals surface area (Å²) < 4.78 is 0. The molecule has 1 aliphatic carbocycles. The van der Waals surface area contributed by atoms with Crippen molar-refractivity contribution >= 4 is 17.1 Å². The van der Waals surface area contributed by atoms with Gasteiger partial charge in [-0.25, -0.2) is 0 Å². The van der Waals surface area contributed by atoms with Crippen LogP contribution in [0.25, 0.3) is 0 Å². The maximum Gasteiger partial charge on any atom is 0.176 e. The fourth-order valence-corrected chi connectivity index (χ4v) is 3.82. The molecule has 1 nitrogen and oxygen atoms in total. The van der Waals surface area contributed by atoms with Crippen LogP contribution in [-0.2, 0) is 6.42 Å². The minimum absolute atomic E-state index is 0.283. The van der Waals surface area contributed by atoms with Gasteiger partial charge in [-0.15, -0.1) is 11.3 Å². The zero-order valence-electron chi connectivity index (χ0n) is 11.0. The van der Waals surface area contributed by atoms with Gasteiger partial charge in [0, 0.05) is 5.92 Å². The van der Waals surface area contributed by atoms with Crippen LogP contribution in [-0.4, -0.2) is 5.78 Å². The number of rotatable bonds is 3. The topological polar surface area (TPSA) is 17.1 Å². The molecular weight excluding hydrogens is 228 g/mol. The number of hydrogen-bond acceptors (Lipinski definition) is 2. The van der Waals surface area contributed by atoms with Crippen molar-refractivity contribution in [2.24, 2.45) is 17.8 Å². The van der Waals surface area contributed by atoms with E-state index in [0.717, 1.165) is 30.1 Å². The van der Waals surface area contributed by atoms with E-state index >= 15 is 0 Å². The molecule has 0 aromatic carbocycles. The quantitative estimate of drug-likeness (QED) is 0.718. The Bertz CT molecular complexity index is 393. The summed E-state index contributed by atoms with van der Waals surface area (Å²) >= 11 is 1.63. The van der Waals surface area contributed by atoms with Gasteiger partial charge in [0.1, 0.15) is 0 Å². The fraction of sp³-hybridized carbons (Fsp3) is 0.667. The molecule has 0 spiro atoms. The van der Waals surface area contributed by atoms with E-state index < -0.39 is 0 Å². The van der Waals surface area contributed by atoms with E-state index in [9.17, 15) is 4.79 Å². The number of carbonyl (C=O) groups excluding carboxylic acids is 1. The Morgan fingerprint density at radius 2 is 2.12 bits per heavy atom. The van der Waals surface area contributed by atoms with E-state index in [1.807, 2.05) is 0 Å². The number of carbonyl (C=O) groups is 1. The molecule has 1 aromatic rings. The van der Waals surface area contributed by atoms with Gasteiger partial charge in [-0.05, 0) is 54.5 Å². The van der Waals surface area contributed by atoms with E-state index in [1.54, 1.807) is 11.3 Å². The minimum atomic E-state index is 0.283. The van der Waals surface area contributed by atoms with Crippen LogP contribution in [0.5, 0.6) is 0 Å². The molecule has 94 valence electrons. The van der Waals surface area contributed by atoms with Gasteiger partial charge < -0.3 is 0 Å². The van der Waals surface area contributed by atoms with E-state index in [0.29, 0.717) is 11.7 Å². The maximum atomic E-state index is 12.5. The van der Waals surface area contributed by atoms with Gasteiger partial charge in [0.2, 0.25) is 0 Å². The third-order valence-electron chi connectivity index (χ3n) is 4.32. The molecule has 0 radical (unpaired) electrons. The molecule has 0 amide bonds. The summed E-state index contributed by atoms with van der Waals surface area (Å²) in [6.07, 6.45) is 4.36. The molecule has 1 heterocycles. The van der Waals surface area contributed by atoms with Crippen LogP contribution in [0.2, 0.25) is 0 Å². The maximum absolute atomic E-state index is 12.5. The summed E-state index contributed by atoms with van der Waals surface area (Å²) in [5.74, 6) is 2.18.